The van der Waals surface area contributed by atoms with Gasteiger partial charge >= 0.3 is 0 Å². The van der Waals surface area contributed by atoms with Crippen molar-refractivity contribution in [2.75, 3.05) is 20.2 Å². The Kier molecular flexibility index (Phi) is 4.15. The summed E-state index contributed by atoms with van der Waals surface area (Å²) in [5.41, 5.74) is 0.995. The number of carbonyl (C=O) groups is 1. The van der Waals surface area contributed by atoms with Crippen molar-refractivity contribution < 1.29 is 9.53 Å². The quantitative estimate of drug-likeness (QED) is 0.800. The van der Waals surface area contributed by atoms with Gasteiger partial charge in [0.2, 0.25) is 11.8 Å². The maximum atomic E-state index is 11.9. The van der Waals surface area contributed by atoms with Gasteiger partial charge in [0, 0.05) is 24.7 Å². The van der Waals surface area contributed by atoms with Crippen LogP contribution in [0.4, 0.5) is 0 Å². The average Bonchev–Trinajstić information content (AvgIpc) is 2.34. The Labute approximate surface area is 107 Å². The Balaban J connectivity index is 1.84. The lowest BCUT2D eigenvalue weighted by atomic mass is 9.88. The molecule has 0 radical (unpaired) electrons. The smallest absolute Gasteiger partial charge is 0.223 e. The summed E-state index contributed by atoms with van der Waals surface area (Å²) in [6.07, 6.45) is 1.68. The number of methoxy groups -OCH3 is 1. The van der Waals surface area contributed by atoms with E-state index in [1.54, 1.807) is 13.3 Å². The van der Waals surface area contributed by atoms with E-state index in [2.05, 4.69) is 15.6 Å². The Bertz CT molecular complexity index is 418. The van der Waals surface area contributed by atoms with Crippen LogP contribution in [0.3, 0.4) is 0 Å². The molecule has 1 aromatic heterocycles. The van der Waals surface area contributed by atoms with Crippen LogP contribution in [0.5, 0.6) is 5.88 Å². The van der Waals surface area contributed by atoms with Gasteiger partial charge < -0.3 is 15.4 Å². The summed E-state index contributed by atoms with van der Waals surface area (Å²) in [7, 11) is 1.58. The van der Waals surface area contributed by atoms with Crippen molar-refractivity contribution in [2.45, 2.75) is 13.5 Å². The van der Waals surface area contributed by atoms with Gasteiger partial charge in [-0.3, -0.25) is 4.79 Å². The van der Waals surface area contributed by atoms with Crippen molar-refractivity contribution in [3.8, 4) is 5.88 Å². The third-order valence-corrected chi connectivity index (χ3v) is 3.41. The molecule has 1 unspecified atom stereocenters. The van der Waals surface area contributed by atoms with Crippen LogP contribution in [-0.4, -0.2) is 31.1 Å². The van der Waals surface area contributed by atoms with E-state index in [1.165, 1.54) is 0 Å². The fourth-order valence-corrected chi connectivity index (χ4v) is 1.90. The number of hydrogen-bond acceptors (Lipinski definition) is 4. The Morgan fingerprint density at radius 1 is 1.67 bits per heavy atom. The molecule has 0 spiro atoms. The lowest BCUT2D eigenvalue weighted by Gasteiger charge is -2.31. The number of ether oxygens (including phenoxy) is 1. The van der Waals surface area contributed by atoms with E-state index in [0.29, 0.717) is 18.3 Å². The monoisotopic (exact) mass is 249 g/mol. The summed E-state index contributed by atoms with van der Waals surface area (Å²) in [6.45, 7) is 4.38. The third kappa shape index (κ3) is 2.98. The first-order chi connectivity index (χ1) is 8.70. The molecule has 1 aromatic rings. The minimum absolute atomic E-state index is 0.0648. The van der Waals surface area contributed by atoms with Crippen LogP contribution < -0.4 is 15.4 Å². The minimum atomic E-state index is 0.0648. The highest BCUT2D eigenvalue weighted by molar-refractivity contribution is 5.78. The normalized spacial score (nSPS) is 16.8. The number of carbonyl (C=O) groups excluding carboxylic acids is 1. The second-order valence-corrected chi connectivity index (χ2v) is 4.63. The number of pyridine rings is 1. The van der Waals surface area contributed by atoms with Crippen molar-refractivity contribution >= 4 is 5.91 Å². The lowest BCUT2D eigenvalue weighted by molar-refractivity contribution is -0.126. The van der Waals surface area contributed by atoms with Crippen molar-refractivity contribution in [3.05, 3.63) is 23.9 Å². The van der Waals surface area contributed by atoms with Gasteiger partial charge in [-0.1, -0.05) is 6.92 Å². The summed E-state index contributed by atoms with van der Waals surface area (Å²) >= 11 is 0. The van der Waals surface area contributed by atoms with Gasteiger partial charge in [-0.05, 0) is 30.6 Å². The number of aromatic nitrogens is 1. The van der Waals surface area contributed by atoms with Crippen LogP contribution in [0.2, 0.25) is 0 Å². The van der Waals surface area contributed by atoms with Gasteiger partial charge in [-0.2, -0.15) is 0 Å². The largest absolute Gasteiger partial charge is 0.481 e. The SMILES string of the molecule is COc1cc(CNC(=O)C(C)C2CNC2)ccn1. The standard InChI is InChI=1S/C13H19N3O2/c1-9(11-7-14-8-11)13(17)16-6-10-3-4-15-12(5-10)18-2/h3-5,9,11,14H,6-8H2,1-2H3,(H,16,17). The number of nitrogens with zero attached hydrogens (tertiary/aromatic N) is 1. The highest BCUT2D eigenvalue weighted by Gasteiger charge is 2.28. The topological polar surface area (TPSA) is 63.2 Å². The molecule has 5 nitrogen and oxygen atoms in total. The Morgan fingerprint density at radius 2 is 2.44 bits per heavy atom. The summed E-state index contributed by atoms with van der Waals surface area (Å²) < 4.78 is 5.04. The van der Waals surface area contributed by atoms with Gasteiger partial charge in [0.05, 0.1) is 7.11 Å². The van der Waals surface area contributed by atoms with Gasteiger partial charge in [-0.25, -0.2) is 4.98 Å². The van der Waals surface area contributed by atoms with Gasteiger partial charge in [0.1, 0.15) is 0 Å². The van der Waals surface area contributed by atoms with Gasteiger partial charge in [0.25, 0.3) is 0 Å². The second-order valence-electron chi connectivity index (χ2n) is 4.63. The first kappa shape index (κ1) is 12.8. The van der Waals surface area contributed by atoms with Crippen molar-refractivity contribution in [2.24, 2.45) is 11.8 Å². The van der Waals surface area contributed by atoms with E-state index in [0.717, 1.165) is 18.7 Å². The van der Waals surface area contributed by atoms with Crippen LogP contribution in [-0.2, 0) is 11.3 Å². The minimum Gasteiger partial charge on any atom is -0.481 e. The van der Waals surface area contributed by atoms with Crippen molar-refractivity contribution in [1.82, 2.24) is 15.6 Å². The molecule has 0 bridgehead atoms. The van der Waals surface area contributed by atoms with E-state index in [1.807, 2.05) is 19.1 Å². The summed E-state index contributed by atoms with van der Waals surface area (Å²) in [5, 5.41) is 6.13. The molecule has 2 N–H and O–H groups in total. The molecule has 5 heteroatoms. The van der Waals surface area contributed by atoms with Crippen LogP contribution in [0.15, 0.2) is 18.3 Å². The predicted octanol–water partition coefficient (Wildman–Crippen LogP) is 0.562. The zero-order valence-corrected chi connectivity index (χ0v) is 10.8. The Hall–Kier alpha value is -1.62. The number of amides is 1. The van der Waals surface area contributed by atoms with Crippen LogP contribution >= 0.6 is 0 Å². The fraction of sp³-hybridized carbons (Fsp3) is 0.538. The summed E-state index contributed by atoms with van der Waals surface area (Å²) in [4.78, 5) is 15.9. The molecular weight excluding hydrogens is 230 g/mol. The first-order valence-electron chi connectivity index (χ1n) is 6.18. The van der Waals surface area contributed by atoms with Crippen LogP contribution in [0, 0.1) is 11.8 Å². The molecule has 0 saturated carbocycles. The molecule has 2 heterocycles. The molecule has 1 atom stereocenters. The number of rotatable bonds is 5. The molecule has 0 aliphatic carbocycles. The molecule has 1 aliphatic heterocycles. The second kappa shape index (κ2) is 5.82. The molecule has 2 rings (SSSR count). The third-order valence-electron chi connectivity index (χ3n) is 3.41. The van der Waals surface area contributed by atoms with Crippen molar-refractivity contribution in [3.63, 3.8) is 0 Å². The highest BCUT2D eigenvalue weighted by Crippen LogP contribution is 2.16. The van der Waals surface area contributed by atoms with E-state index >= 15 is 0 Å². The average molecular weight is 249 g/mol. The highest BCUT2D eigenvalue weighted by atomic mass is 16.5. The maximum absolute atomic E-state index is 11.9. The number of hydrogen-bond donors (Lipinski definition) is 2. The Morgan fingerprint density at radius 3 is 3.06 bits per heavy atom. The van der Waals surface area contributed by atoms with Gasteiger partial charge in [-0.15, -0.1) is 0 Å². The summed E-state index contributed by atoms with van der Waals surface area (Å²) in [6, 6.07) is 3.70. The molecule has 98 valence electrons. The first-order valence-corrected chi connectivity index (χ1v) is 6.18. The van der Waals surface area contributed by atoms with E-state index < -0.39 is 0 Å². The zero-order chi connectivity index (χ0) is 13.0. The van der Waals surface area contributed by atoms with Crippen molar-refractivity contribution in [1.29, 1.82) is 0 Å². The van der Waals surface area contributed by atoms with Crippen LogP contribution in [0.1, 0.15) is 12.5 Å². The fourth-order valence-electron chi connectivity index (χ4n) is 1.90. The van der Waals surface area contributed by atoms with E-state index in [-0.39, 0.29) is 11.8 Å². The predicted molar refractivity (Wildman–Crippen MR) is 68.2 cm³/mol. The number of nitrogens with one attached hydrogen (secondary N) is 2. The summed E-state index contributed by atoms with van der Waals surface area (Å²) in [5.74, 6) is 1.21. The van der Waals surface area contributed by atoms with Crippen LogP contribution in [0.25, 0.3) is 0 Å². The molecule has 1 amide bonds. The molecule has 1 fully saturated rings. The maximum Gasteiger partial charge on any atom is 0.223 e. The lowest BCUT2D eigenvalue weighted by Crippen LogP contribution is -2.49. The van der Waals surface area contributed by atoms with Gasteiger partial charge in [0.15, 0.2) is 0 Å². The molecule has 0 aromatic carbocycles. The molecule has 1 aliphatic rings. The molecule has 1 saturated heterocycles. The zero-order valence-electron chi connectivity index (χ0n) is 10.8. The molecule has 18 heavy (non-hydrogen) atoms. The van der Waals surface area contributed by atoms with E-state index in [4.69, 9.17) is 4.74 Å². The van der Waals surface area contributed by atoms with E-state index in [9.17, 15) is 4.79 Å². The molecular formula is C13H19N3O2.